The normalized spacial score (nSPS) is 11.6. The van der Waals surface area contributed by atoms with Crippen molar-refractivity contribution in [2.45, 2.75) is 0 Å². The molecule has 8 nitrogen and oxygen atoms in total. The van der Waals surface area contributed by atoms with Crippen LogP contribution in [-0.4, -0.2) is 38.9 Å². The molecule has 0 atom stereocenters. The molecule has 0 aliphatic carbocycles. The zero-order valence-corrected chi connectivity index (χ0v) is 32.7. The van der Waals surface area contributed by atoms with E-state index in [0.717, 1.165) is 83.5 Å². The van der Waals surface area contributed by atoms with E-state index in [1.807, 2.05) is 66.7 Å². The molecule has 61 heavy (non-hydrogen) atoms. The highest BCUT2D eigenvalue weighted by Crippen LogP contribution is 2.41. The summed E-state index contributed by atoms with van der Waals surface area (Å²) in [6.45, 7) is 0. The molecule has 0 fully saturated rings. The van der Waals surface area contributed by atoms with E-state index in [2.05, 4.69) is 153 Å². The van der Waals surface area contributed by atoms with Gasteiger partial charge in [-0.1, -0.05) is 146 Å². The molecule has 0 N–H and O–H groups in total. The van der Waals surface area contributed by atoms with Crippen LogP contribution in [0.2, 0.25) is 0 Å². The molecular formula is C53H34N8. The molecule has 12 aromatic rings. The molecule has 0 amide bonds. The number of para-hydroxylation sites is 4. The van der Waals surface area contributed by atoms with Crippen molar-refractivity contribution in [2.24, 2.45) is 0 Å². The number of fused-ring (bicyclic) bond motifs is 6. The maximum absolute atomic E-state index is 5.16. The molecule has 8 aromatic carbocycles. The van der Waals surface area contributed by atoms with Gasteiger partial charge in [-0.05, 0) is 60.7 Å². The second kappa shape index (κ2) is 14.1. The molecule has 286 valence electrons. The minimum absolute atomic E-state index is 0.532. The van der Waals surface area contributed by atoms with Crippen LogP contribution in [0.25, 0.3) is 106 Å². The number of nitrogens with zero attached hydrogens (tertiary/aromatic N) is 8. The third-order valence-electron chi connectivity index (χ3n) is 11.4. The molecule has 0 saturated carbocycles. The molecule has 0 aliphatic rings. The maximum Gasteiger partial charge on any atom is 0.238 e. The first-order chi connectivity index (χ1) is 30.3. The lowest BCUT2D eigenvalue weighted by Gasteiger charge is -2.13. The van der Waals surface area contributed by atoms with Gasteiger partial charge in [0.05, 0.1) is 22.1 Å². The lowest BCUT2D eigenvalue weighted by Crippen LogP contribution is -2.06. The van der Waals surface area contributed by atoms with E-state index in [-0.39, 0.29) is 0 Å². The van der Waals surface area contributed by atoms with Crippen molar-refractivity contribution in [3.8, 4) is 62.9 Å². The van der Waals surface area contributed by atoms with Crippen LogP contribution in [0.1, 0.15) is 0 Å². The highest BCUT2D eigenvalue weighted by Gasteiger charge is 2.25. The fourth-order valence-electron chi connectivity index (χ4n) is 8.75. The van der Waals surface area contributed by atoms with Crippen molar-refractivity contribution in [1.82, 2.24) is 38.9 Å². The minimum atomic E-state index is 0.532. The summed E-state index contributed by atoms with van der Waals surface area (Å²) in [5.74, 6) is 3.21. The SMILES string of the molecule is c1ccc(-c2nc(-c3ccccc3)nc(-n3c4ccccc4c4c(-c5nnc(-c6ccc7c(c6)c6ccccc6n7-c6ccccc6)n5-c5ccccc5)cccc43)n2)cc1. The Kier molecular flexibility index (Phi) is 7.99. The van der Waals surface area contributed by atoms with Gasteiger partial charge in [0.2, 0.25) is 5.95 Å². The Labute approximate surface area is 350 Å². The van der Waals surface area contributed by atoms with Crippen LogP contribution < -0.4 is 0 Å². The molecule has 4 heterocycles. The van der Waals surface area contributed by atoms with E-state index >= 15 is 0 Å². The monoisotopic (exact) mass is 782 g/mol. The van der Waals surface area contributed by atoms with Gasteiger partial charge in [-0.15, -0.1) is 10.2 Å². The molecule has 8 heteroatoms. The topological polar surface area (TPSA) is 79.2 Å². The van der Waals surface area contributed by atoms with E-state index in [4.69, 9.17) is 25.1 Å². The largest absolute Gasteiger partial charge is 0.309 e. The molecule has 0 radical (unpaired) electrons. The lowest BCUT2D eigenvalue weighted by atomic mass is 10.0. The van der Waals surface area contributed by atoms with Gasteiger partial charge >= 0.3 is 0 Å². The summed E-state index contributed by atoms with van der Waals surface area (Å²) < 4.78 is 6.66. The molecule has 12 rings (SSSR count). The Bertz CT molecular complexity index is 3510. The van der Waals surface area contributed by atoms with Crippen molar-refractivity contribution in [3.63, 3.8) is 0 Å². The minimum Gasteiger partial charge on any atom is -0.309 e. The van der Waals surface area contributed by atoms with Crippen LogP contribution >= 0.6 is 0 Å². The van der Waals surface area contributed by atoms with E-state index in [1.54, 1.807) is 0 Å². The molecule has 0 aliphatic heterocycles. The van der Waals surface area contributed by atoms with Crippen LogP contribution in [0.4, 0.5) is 0 Å². The quantitative estimate of drug-likeness (QED) is 0.161. The van der Waals surface area contributed by atoms with E-state index in [9.17, 15) is 0 Å². The van der Waals surface area contributed by atoms with E-state index in [1.165, 1.54) is 5.39 Å². The van der Waals surface area contributed by atoms with Crippen molar-refractivity contribution in [3.05, 3.63) is 206 Å². The highest BCUT2D eigenvalue weighted by atomic mass is 15.3. The fourth-order valence-corrected chi connectivity index (χ4v) is 8.75. The average Bonchev–Trinajstić information content (AvgIpc) is 4.03. The first-order valence-corrected chi connectivity index (χ1v) is 20.3. The molecule has 0 bridgehead atoms. The van der Waals surface area contributed by atoms with Crippen molar-refractivity contribution < 1.29 is 0 Å². The summed E-state index contributed by atoms with van der Waals surface area (Å²) in [5.41, 5.74) is 10.0. The Morgan fingerprint density at radius 3 is 1.48 bits per heavy atom. The summed E-state index contributed by atoms with van der Waals surface area (Å²) >= 11 is 0. The molecule has 0 unspecified atom stereocenters. The number of benzene rings is 8. The standard InChI is InChI=1S/C53H34N8/c1-5-18-35(19-6-1)49-54-50(36-20-7-2-8-21-36)56-53(55-49)61-45-30-16-14-27-41(45)48-42(28-17-31-47(48)61)52-58-57-51(60(52)39-24-11-4-12-25-39)37-32-33-46-43(34-37)40-26-13-15-29-44(40)59(46)38-22-9-3-10-23-38/h1-34H. The first kappa shape index (κ1) is 34.5. The summed E-state index contributed by atoms with van der Waals surface area (Å²) in [5, 5.41) is 14.4. The molecule has 4 aromatic heterocycles. The number of aromatic nitrogens is 8. The van der Waals surface area contributed by atoms with Gasteiger partial charge in [-0.2, -0.15) is 9.97 Å². The van der Waals surface area contributed by atoms with Gasteiger partial charge in [-0.3, -0.25) is 9.13 Å². The summed E-state index contributed by atoms with van der Waals surface area (Å²) in [4.78, 5) is 15.3. The number of rotatable bonds is 7. The molecule has 0 saturated heterocycles. The van der Waals surface area contributed by atoms with Gasteiger partial charge in [0.25, 0.3) is 0 Å². The lowest BCUT2D eigenvalue weighted by molar-refractivity contribution is 0.953. The number of hydrogen-bond acceptors (Lipinski definition) is 5. The zero-order chi connectivity index (χ0) is 40.3. The molecular weight excluding hydrogens is 749 g/mol. The van der Waals surface area contributed by atoms with E-state index in [0.29, 0.717) is 17.6 Å². The van der Waals surface area contributed by atoms with Crippen molar-refractivity contribution >= 4 is 43.6 Å². The smallest absolute Gasteiger partial charge is 0.238 e. The fraction of sp³-hybridized carbons (Fsp3) is 0. The van der Waals surface area contributed by atoms with Crippen molar-refractivity contribution in [2.75, 3.05) is 0 Å². The summed E-state index contributed by atoms with van der Waals surface area (Å²) in [7, 11) is 0. The predicted molar refractivity (Wildman–Crippen MR) is 245 cm³/mol. The summed E-state index contributed by atoms with van der Waals surface area (Å²) in [6, 6.07) is 71.1. The Morgan fingerprint density at radius 2 is 0.820 bits per heavy atom. The van der Waals surface area contributed by atoms with Gasteiger partial charge in [0.15, 0.2) is 23.3 Å². The van der Waals surface area contributed by atoms with Crippen LogP contribution in [0.5, 0.6) is 0 Å². The second-order valence-corrected chi connectivity index (χ2v) is 15.0. The zero-order valence-electron chi connectivity index (χ0n) is 32.7. The average molecular weight is 783 g/mol. The van der Waals surface area contributed by atoms with Crippen molar-refractivity contribution in [1.29, 1.82) is 0 Å². The third-order valence-corrected chi connectivity index (χ3v) is 11.4. The van der Waals surface area contributed by atoms with Crippen LogP contribution in [0.3, 0.4) is 0 Å². The van der Waals surface area contributed by atoms with Gasteiger partial charge in [-0.25, -0.2) is 4.98 Å². The Balaban J connectivity index is 1.09. The maximum atomic E-state index is 5.16. The van der Waals surface area contributed by atoms with E-state index < -0.39 is 0 Å². The highest BCUT2D eigenvalue weighted by molar-refractivity contribution is 6.15. The molecule has 0 spiro atoms. The second-order valence-electron chi connectivity index (χ2n) is 15.0. The first-order valence-electron chi connectivity index (χ1n) is 20.3. The van der Waals surface area contributed by atoms with Gasteiger partial charge in [0, 0.05) is 55.2 Å². The third kappa shape index (κ3) is 5.65. The Hall–Kier alpha value is -8.49. The predicted octanol–water partition coefficient (Wildman–Crippen LogP) is 12.3. The van der Waals surface area contributed by atoms with Crippen LogP contribution in [0.15, 0.2) is 206 Å². The van der Waals surface area contributed by atoms with Gasteiger partial charge in [0.1, 0.15) is 0 Å². The van der Waals surface area contributed by atoms with Crippen LogP contribution in [0, 0.1) is 0 Å². The summed E-state index contributed by atoms with van der Waals surface area (Å²) in [6.07, 6.45) is 0. The Morgan fingerprint density at radius 1 is 0.311 bits per heavy atom. The van der Waals surface area contributed by atoms with Gasteiger partial charge < -0.3 is 4.57 Å². The van der Waals surface area contributed by atoms with Crippen LogP contribution in [-0.2, 0) is 0 Å². The number of hydrogen-bond donors (Lipinski definition) is 0.